The zero-order chi connectivity index (χ0) is 16.4. The molecule has 1 aromatic heterocycles. The predicted molar refractivity (Wildman–Crippen MR) is 96.2 cm³/mol. The molecular weight excluding hydrogens is 304 g/mol. The molecule has 0 bridgehead atoms. The van der Waals surface area contributed by atoms with E-state index in [0.29, 0.717) is 4.88 Å². The summed E-state index contributed by atoms with van der Waals surface area (Å²) in [4.78, 5) is 17.7. The van der Waals surface area contributed by atoms with E-state index in [1.807, 2.05) is 37.3 Å². The summed E-state index contributed by atoms with van der Waals surface area (Å²) in [6.07, 6.45) is 0. The Bertz CT molecular complexity index is 853. The van der Waals surface area contributed by atoms with Gasteiger partial charge in [0, 0.05) is 11.3 Å². The summed E-state index contributed by atoms with van der Waals surface area (Å²) in [6, 6.07) is 15.7. The quantitative estimate of drug-likeness (QED) is 0.738. The van der Waals surface area contributed by atoms with Crippen LogP contribution in [0, 0.1) is 20.8 Å². The van der Waals surface area contributed by atoms with Crippen molar-refractivity contribution in [3.63, 3.8) is 0 Å². The molecule has 1 amide bonds. The second kappa shape index (κ2) is 6.34. The third-order valence-electron chi connectivity index (χ3n) is 3.65. The predicted octanol–water partition coefficient (Wildman–Crippen LogP) is 4.99. The number of para-hydroxylation sites is 1. The number of thiazole rings is 1. The highest BCUT2D eigenvalue weighted by atomic mass is 32.1. The lowest BCUT2D eigenvalue weighted by molar-refractivity contribution is 0.103. The summed E-state index contributed by atoms with van der Waals surface area (Å²) < 4.78 is 0. The topological polar surface area (TPSA) is 42.0 Å². The minimum atomic E-state index is -0.109. The van der Waals surface area contributed by atoms with Gasteiger partial charge in [0.25, 0.3) is 5.91 Å². The number of anilines is 1. The Hall–Kier alpha value is -2.46. The maximum atomic E-state index is 12.5. The Labute approximate surface area is 140 Å². The maximum Gasteiger partial charge on any atom is 0.267 e. The molecule has 0 atom stereocenters. The van der Waals surface area contributed by atoms with E-state index in [2.05, 4.69) is 42.3 Å². The molecule has 2 aromatic carbocycles. The van der Waals surface area contributed by atoms with Crippen LogP contribution in [0.3, 0.4) is 0 Å². The zero-order valence-corrected chi connectivity index (χ0v) is 14.2. The number of hydrogen-bond acceptors (Lipinski definition) is 3. The van der Waals surface area contributed by atoms with Crippen molar-refractivity contribution < 1.29 is 4.79 Å². The van der Waals surface area contributed by atoms with Gasteiger partial charge in [-0.2, -0.15) is 0 Å². The summed E-state index contributed by atoms with van der Waals surface area (Å²) in [5, 5.41) is 3.81. The molecule has 0 saturated heterocycles. The van der Waals surface area contributed by atoms with Gasteiger partial charge in [0.2, 0.25) is 0 Å². The van der Waals surface area contributed by atoms with Crippen molar-refractivity contribution >= 4 is 22.9 Å². The second-order valence-corrected chi connectivity index (χ2v) is 6.57. The van der Waals surface area contributed by atoms with Crippen molar-refractivity contribution in [1.29, 1.82) is 0 Å². The van der Waals surface area contributed by atoms with Crippen molar-refractivity contribution in [2.75, 3.05) is 5.32 Å². The highest BCUT2D eigenvalue weighted by Crippen LogP contribution is 2.31. The molecule has 23 heavy (non-hydrogen) atoms. The Morgan fingerprint density at radius 2 is 1.78 bits per heavy atom. The lowest BCUT2D eigenvalue weighted by Crippen LogP contribution is -2.11. The fraction of sp³-hybridized carbons (Fsp3) is 0.158. The molecular formula is C19H18N2OS. The Morgan fingerprint density at radius 1 is 1.04 bits per heavy atom. The van der Waals surface area contributed by atoms with Crippen LogP contribution in [0.25, 0.3) is 10.6 Å². The molecule has 3 rings (SSSR count). The monoisotopic (exact) mass is 322 g/mol. The van der Waals surface area contributed by atoms with Crippen LogP contribution in [0.1, 0.15) is 26.5 Å². The molecule has 4 heteroatoms. The lowest BCUT2D eigenvalue weighted by Gasteiger charge is -2.03. The number of carbonyl (C=O) groups excluding carboxylic acids is 1. The SMILES string of the molecule is Cc1ccc(-c2nc(C)c(C(=O)Nc3ccccc3)s2)c(C)c1. The smallest absolute Gasteiger partial charge is 0.267 e. The fourth-order valence-electron chi connectivity index (χ4n) is 2.49. The van der Waals surface area contributed by atoms with Crippen LogP contribution in [-0.4, -0.2) is 10.9 Å². The number of nitrogens with zero attached hydrogens (tertiary/aromatic N) is 1. The lowest BCUT2D eigenvalue weighted by atomic mass is 10.1. The first-order chi connectivity index (χ1) is 11.0. The molecule has 0 aliphatic rings. The average molecular weight is 322 g/mol. The Balaban J connectivity index is 1.90. The molecule has 0 unspecified atom stereocenters. The van der Waals surface area contributed by atoms with E-state index in [1.165, 1.54) is 22.5 Å². The first-order valence-corrected chi connectivity index (χ1v) is 8.27. The van der Waals surface area contributed by atoms with Gasteiger partial charge in [-0.1, -0.05) is 42.0 Å². The van der Waals surface area contributed by atoms with Gasteiger partial charge in [-0.05, 0) is 38.5 Å². The summed E-state index contributed by atoms with van der Waals surface area (Å²) in [5.41, 5.74) is 5.04. The van der Waals surface area contributed by atoms with E-state index >= 15 is 0 Å². The van der Waals surface area contributed by atoms with Crippen LogP contribution in [0.4, 0.5) is 5.69 Å². The Morgan fingerprint density at radius 3 is 2.48 bits per heavy atom. The first-order valence-electron chi connectivity index (χ1n) is 7.46. The summed E-state index contributed by atoms with van der Waals surface area (Å²) in [5.74, 6) is -0.109. The van der Waals surface area contributed by atoms with Crippen molar-refractivity contribution in [2.24, 2.45) is 0 Å². The molecule has 1 heterocycles. The summed E-state index contributed by atoms with van der Waals surface area (Å²) >= 11 is 1.44. The van der Waals surface area contributed by atoms with Gasteiger partial charge in [-0.25, -0.2) is 4.98 Å². The van der Waals surface area contributed by atoms with Gasteiger partial charge in [0.05, 0.1) is 5.69 Å². The highest BCUT2D eigenvalue weighted by molar-refractivity contribution is 7.17. The third-order valence-corrected chi connectivity index (χ3v) is 4.84. The van der Waals surface area contributed by atoms with Crippen LogP contribution < -0.4 is 5.32 Å². The minimum Gasteiger partial charge on any atom is -0.321 e. The fourth-order valence-corrected chi connectivity index (χ4v) is 3.54. The van der Waals surface area contributed by atoms with Gasteiger partial charge < -0.3 is 5.32 Å². The number of nitrogens with one attached hydrogen (secondary N) is 1. The largest absolute Gasteiger partial charge is 0.321 e. The van der Waals surface area contributed by atoms with Crippen molar-refractivity contribution in [3.8, 4) is 10.6 Å². The number of aryl methyl sites for hydroxylation is 3. The zero-order valence-electron chi connectivity index (χ0n) is 13.4. The molecule has 0 spiro atoms. The van der Waals surface area contributed by atoms with E-state index in [-0.39, 0.29) is 5.91 Å². The molecule has 0 aliphatic carbocycles. The van der Waals surface area contributed by atoms with Gasteiger partial charge in [0.1, 0.15) is 9.88 Å². The number of carbonyl (C=O) groups is 1. The summed E-state index contributed by atoms with van der Waals surface area (Å²) in [6.45, 7) is 6.02. The first kappa shape index (κ1) is 15.4. The summed E-state index contributed by atoms with van der Waals surface area (Å²) in [7, 11) is 0. The highest BCUT2D eigenvalue weighted by Gasteiger charge is 2.17. The molecule has 0 aliphatic heterocycles. The third kappa shape index (κ3) is 3.32. The number of aromatic nitrogens is 1. The number of rotatable bonds is 3. The second-order valence-electron chi connectivity index (χ2n) is 5.57. The number of hydrogen-bond donors (Lipinski definition) is 1. The standard InChI is InChI=1S/C19H18N2OS/c1-12-9-10-16(13(2)11-12)19-20-14(3)17(23-19)18(22)21-15-7-5-4-6-8-15/h4-11H,1-3H3,(H,21,22). The van der Waals surface area contributed by atoms with E-state index in [4.69, 9.17) is 0 Å². The van der Waals surface area contributed by atoms with Crippen molar-refractivity contribution in [3.05, 3.63) is 70.2 Å². The molecule has 0 fully saturated rings. The van der Waals surface area contributed by atoms with Crippen LogP contribution in [-0.2, 0) is 0 Å². The van der Waals surface area contributed by atoms with E-state index in [1.54, 1.807) is 0 Å². The van der Waals surface area contributed by atoms with Crippen LogP contribution in [0.5, 0.6) is 0 Å². The molecule has 116 valence electrons. The van der Waals surface area contributed by atoms with Crippen LogP contribution >= 0.6 is 11.3 Å². The van der Waals surface area contributed by atoms with E-state index in [0.717, 1.165) is 22.0 Å². The van der Waals surface area contributed by atoms with Crippen molar-refractivity contribution in [2.45, 2.75) is 20.8 Å². The van der Waals surface area contributed by atoms with Gasteiger partial charge in [-0.3, -0.25) is 4.79 Å². The number of amides is 1. The van der Waals surface area contributed by atoms with Gasteiger partial charge in [-0.15, -0.1) is 11.3 Å². The van der Waals surface area contributed by atoms with Crippen LogP contribution in [0.15, 0.2) is 48.5 Å². The normalized spacial score (nSPS) is 10.6. The molecule has 1 N–H and O–H groups in total. The van der Waals surface area contributed by atoms with Crippen molar-refractivity contribution in [1.82, 2.24) is 4.98 Å². The molecule has 0 radical (unpaired) electrons. The maximum absolute atomic E-state index is 12.5. The average Bonchev–Trinajstić information content (AvgIpc) is 2.90. The Kier molecular flexibility index (Phi) is 4.26. The molecule has 0 saturated carbocycles. The van der Waals surface area contributed by atoms with E-state index < -0.39 is 0 Å². The molecule has 3 aromatic rings. The molecule has 3 nitrogen and oxygen atoms in total. The van der Waals surface area contributed by atoms with Gasteiger partial charge in [0.15, 0.2) is 0 Å². The minimum absolute atomic E-state index is 0.109. The van der Waals surface area contributed by atoms with Gasteiger partial charge >= 0.3 is 0 Å². The number of benzene rings is 2. The van der Waals surface area contributed by atoms with E-state index in [9.17, 15) is 4.79 Å². The van der Waals surface area contributed by atoms with Crippen LogP contribution in [0.2, 0.25) is 0 Å².